The number of rotatable bonds is 0. The molecule has 0 saturated carbocycles. The van der Waals surface area contributed by atoms with E-state index in [1.165, 1.54) is 0 Å². The quantitative estimate of drug-likeness (QED) is 0.349. The molecule has 0 rings (SSSR count). The van der Waals surface area contributed by atoms with Crippen LogP contribution in [0, 0.1) is 0 Å². The monoisotopic (exact) mass is 146 g/mol. The second kappa shape index (κ2) is 11.7. The molecule has 0 unspecified atom stereocenters. The predicted octanol–water partition coefficient (Wildman–Crippen LogP) is 0.297. The maximum Gasteiger partial charge on any atom is 2.00 e. The molecule has 4 heavy (non-hydrogen) atoms. The van der Waals surface area contributed by atoms with E-state index in [2.05, 4.69) is 0 Å². The molecule has 0 aliphatic rings. The van der Waals surface area contributed by atoms with Gasteiger partial charge >= 0.3 is 20.4 Å². The normalized spacial score (nSPS) is 2.00. The van der Waals surface area contributed by atoms with Crippen LogP contribution in [0.4, 0.5) is 0 Å². The molecule has 2 nitrogen and oxygen atoms in total. The van der Waals surface area contributed by atoms with Gasteiger partial charge in [0, 0.05) is 0 Å². The van der Waals surface area contributed by atoms with Gasteiger partial charge in [-0.25, -0.2) is 0 Å². The zero-order valence-corrected chi connectivity index (χ0v) is 3.27. The second-order valence-electron chi connectivity index (χ2n) is 0.100. The summed E-state index contributed by atoms with van der Waals surface area (Å²) in [6.07, 6.45) is 0. The van der Waals surface area contributed by atoms with Gasteiger partial charge in [0.1, 0.15) is 0 Å². The fourth-order valence-corrected chi connectivity index (χ4v) is 0. The molecule has 0 saturated heterocycles. The Bertz CT molecular complexity index is 27.0. The number of nitrogens with zero attached hydrogens (tertiary/aromatic N) is 2. The van der Waals surface area contributed by atoms with Gasteiger partial charge < -0.3 is 16.8 Å². The topological polar surface area (TPSA) is 44.6 Å². The van der Waals surface area contributed by atoms with E-state index in [0.29, 0.717) is 0 Å². The van der Waals surface area contributed by atoms with E-state index < -0.39 is 0 Å². The molecule has 0 aromatic rings. The van der Waals surface area contributed by atoms with Crippen molar-refractivity contribution in [3.05, 3.63) is 10.8 Å². The summed E-state index contributed by atoms with van der Waals surface area (Å²) >= 11 is 0. The number of hydrogen-bond acceptors (Lipinski definition) is 0. The first-order valence-corrected chi connectivity index (χ1v) is 0.447. The van der Waals surface area contributed by atoms with E-state index in [4.69, 9.17) is 10.8 Å². The summed E-state index contributed by atoms with van der Waals surface area (Å²) in [7, 11) is 0. The molecule has 0 aliphatic carbocycles. The van der Waals surface area contributed by atoms with Crippen LogP contribution in [0.5, 0.6) is 0 Å². The summed E-state index contributed by atoms with van der Waals surface area (Å²) in [5, 5.41) is 13.8. The van der Waals surface area contributed by atoms with Crippen molar-refractivity contribution in [2.45, 2.75) is 0 Å². The first-order valence-electron chi connectivity index (χ1n) is 0.447. The average molecular weight is 146 g/mol. The van der Waals surface area contributed by atoms with E-state index in [1.807, 2.05) is 0 Å². The molecule has 3 heteroatoms. The van der Waals surface area contributed by atoms with Crippen LogP contribution in [-0.4, -0.2) is 6.01 Å². The van der Waals surface area contributed by atoms with E-state index in [-0.39, 0.29) is 20.4 Å². The fourth-order valence-electron chi connectivity index (χ4n) is 0. The standard InChI is InChI=1S/CN2.Pd/c2-1-3;/q-2;+2. The summed E-state index contributed by atoms with van der Waals surface area (Å²) in [6, 6.07) is 0.750. The Morgan fingerprint density at radius 3 is 1.25 bits per heavy atom. The van der Waals surface area contributed by atoms with Gasteiger partial charge in [0.15, 0.2) is 0 Å². The van der Waals surface area contributed by atoms with Gasteiger partial charge in [0.25, 0.3) is 0 Å². The smallest absolute Gasteiger partial charge is 0.786 e. The number of hydrogen-bond donors (Lipinski definition) is 0. The van der Waals surface area contributed by atoms with E-state index >= 15 is 0 Å². The molecule has 0 radical (unpaired) electrons. The van der Waals surface area contributed by atoms with Crippen LogP contribution in [0.2, 0.25) is 0 Å². The summed E-state index contributed by atoms with van der Waals surface area (Å²) < 4.78 is 0. The van der Waals surface area contributed by atoms with Crippen molar-refractivity contribution in [2.75, 3.05) is 0 Å². The Hall–Kier alpha value is 0.0423. The second-order valence-corrected chi connectivity index (χ2v) is 0.100. The molecule has 0 bridgehead atoms. The third kappa shape index (κ3) is 1240. The molecule has 24 valence electrons. The summed E-state index contributed by atoms with van der Waals surface area (Å²) in [5.74, 6) is 0. The van der Waals surface area contributed by atoms with Gasteiger partial charge in [-0.1, -0.05) is 0 Å². The summed E-state index contributed by atoms with van der Waals surface area (Å²) in [4.78, 5) is 0. The van der Waals surface area contributed by atoms with Crippen molar-refractivity contribution in [2.24, 2.45) is 0 Å². The van der Waals surface area contributed by atoms with Crippen molar-refractivity contribution in [1.82, 2.24) is 0 Å². The van der Waals surface area contributed by atoms with Gasteiger partial charge in [-0.05, 0) is 0 Å². The minimum atomic E-state index is 0. The van der Waals surface area contributed by atoms with Gasteiger partial charge in [0.2, 0.25) is 0 Å². The maximum atomic E-state index is 6.88. The first-order chi connectivity index (χ1) is 1.41. The Morgan fingerprint density at radius 2 is 1.25 bits per heavy atom. The zero-order chi connectivity index (χ0) is 2.71. The SMILES string of the molecule is [N-]=C=[N-].[Pd+2]. The molecule has 0 N–H and O–H groups in total. The van der Waals surface area contributed by atoms with Crippen LogP contribution in [0.1, 0.15) is 0 Å². The van der Waals surface area contributed by atoms with Crippen LogP contribution < -0.4 is 0 Å². The zero-order valence-electron chi connectivity index (χ0n) is 1.71. The Labute approximate surface area is 37.9 Å². The molecule has 0 aliphatic heterocycles. The molecule has 0 aromatic carbocycles. The molecule has 0 amide bonds. The van der Waals surface area contributed by atoms with Crippen molar-refractivity contribution in [1.29, 1.82) is 0 Å². The van der Waals surface area contributed by atoms with Crippen molar-refractivity contribution in [3.8, 4) is 0 Å². The molecule has 0 atom stereocenters. The molecular weight excluding hydrogens is 146 g/mol. The van der Waals surface area contributed by atoms with Crippen molar-refractivity contribution < 1.29 is 20.4 Å². The Morgan fingerprint density at radius 1 is 1.25 bits per heavy atom. The summed E-state index contributed by atoms with van der Waals surface area (Å²) in [6.45, 7) is 0. The minimum Gasteiger partial charge on any atom is -0.786 e. The van der Waals surface area contributed by atoms with Crippen LogP contribution in [-0.2, 0) is 20.4 Å². The maximum absolute atomic E-state index is 6.88. The average Bonchev–Trinajstić information content (AvgIpc) is 0.918. The van der Waals surface area contributed by atoms with Crippen LogP contribution in [0.15, 0.2) is 0 Å². The molecule has 0 fully saturated rings. The molecular formula is CN2Pd. The van der Waals surface area contributed by atoms with Crippen molar-refractivity contribution >= 4 is 6.01 Å². The predicted molar refractivity (Wildman–Crippen MR) is 11.7 cm³/mol. The Balaban J connectivity index is 0. The minimum absolute atomic E-state index is 0. The third-order valence-corrected chi connectivity index (χ3v) is 0. The van der Waals surface area contributed by atoms with Crippen LogP contribution >= 0.6 is 0 Å². The molecule has 0 aromatic heterocycles. The van der Waals surface area contributed by atoms with Gasteiger partial charge in [-0.2, -0.15) is 0 Å². The van der Waals surface area contributed by atoms with Crippen LogP contribution in [0.3, 0.4) is 0 Å². The van der Waals surface area contributed by atoms with Gasteiger partial charge in [-0.15, -0.1) is 0 Å². The Kier molecular flexibility index (Phi) is 26.2. The van der Waals surface area contributed by atoms with E-state index in [1.54, 1.807) is 0 Å². The largest absolute Gasteiger partial charge is 2.00 e. The van der Waals surface area contributed by atoms with Crippen molar-refractivity contribution in [3.63, 3.8) is 0 Å². The molecule has 0 heterocycles. The first kappa shape index (κ1) is 8.97. The molecule has 0 spiro atoms. The van der Waals surface area contributed by atoms with Gasteiger partial charge in [0.05, 0.1) is 0 Å². The van der Waals surface area contributed by atoms with Crippen LogP contribution in [0.25, 0.3) is 10.8 Å². The fraction of sp³-hybridized carbons (Fsp3) is 0. The van der Waals surface area contributed by atoms with E-state index in [0.717, 1.165) is 6.01 Å². The van der Waals surface area contributed by atoms with E-state index in [9.17, 15) is 0 Å². The third-order valence-electron chi connectivity index (χ3n) is 0. The van der Waals surface area contributed by atoms with Gasteiger partial charge in [-0.3, -0.25) is 0 Å². The summed E-state index contributed by atoms with van der Waals surface area (Å²) in [5.41, 5.74) is 0.